The second kappa shape index (κ2) is 5.24. The molecule has 9 heteroatoms. The number of hydrogen-bond acceptors (Lipinski definition) is 7. The number of primary amides is 1. The number of likely N-dealkylation sites (tertiary alicyclic amines) is 1. The van der Waals surface area contributed by atoms with Crippen LogP contribution in [0, 0.1) is 12.8 Å². The monoisotopic (exact) mass is 307 g/mol. The molecule has 0 unspecified atom stereocenters. The van der Waals surface area contributed by atoms with E-state index in [0.29, 0.717) is 24.0 Å². The molecule has 0 spiro atoms. The van der Waals surface area contributed by atoms with Crippen LogP contribution in [0.4, 0.5) is 0 Å². The van der Waals surface area contributed by atoms with Crippen molar-refractivity contribution in [2.24, 2.45) is 11.7 Å². The fourth-order valence-electron chi connectivity index (χ4n) is 2.45. The lowest BCUT2D eigenvalue weighted by atomic mass is 9.95. The Hall–Kier alpha value is -2.29. The van der Waals surface area contributed by atoms with Gasteiger partial charge in [0.15, 0.2) is 5.82 Å². The van der Waals surface area contributed by atoms with Crippen molar-refractivity contribution in [2.45, 2.75) is 12.8 Å². The summed E-state index contributed by atoms with van der Waals surface area (Å²) >= 11 is 1.34. The van der Waals surface area contributed by atoms with Gasteiger partial charge in [-0.1, -0.05) is 5.16 Å². The lowest BCUT2D eigenvalue weighted by Crippen LogP contribution is -2.32. The van der Waals surface area contributed by atoms with Crippen molar-refractivity contribution in [1.82, 2.24) is 20.0 Å². The molecule has 1 fully saturated rings. The molecular weight excluding hydrogens is 294 g/mol. The van der Waals surface area contributed by atoms with Gasteiger partial charge in [-0.3, -0.25) is 9.59 Å². The molecule has 1 saturated heterocycles. The van der Waals surface area contributed by atoms with Crippen molar-refractivity contribution in [3.8, 4) is 0 Å². The van der Waals surface area contributed by atoms with Crippen LogP contribution in [0.3, 0.4) is 0 Å². The highest BCUT2D eigenvalue weighted by Crippen LogP contribution is 2.32. The quantitative estimate of drug-likeness (QED) is 0.864. The molecule has 8 nitrogen and oxygen atoms in total. The standard InChI is InChI=1S/C12H13N5O3S/c1-6-15-11(20-16-6)8-3-17(2-7(8)10(13)18)12(19)9-4-21-5-14-9/h4-5,7-8H,2-3H2,1H3,(H2,13,18)/t7-,8-/m1/s1. The first-order chi connectivity index (χ1) is 10.1. The van der Waals surface area contributed by atoms with E-state index in [1.807, 2.05) is 0 Å². The minimum absolute atomic E-state index is 0.221. The number of carbonyl (C=O) groups is 2. The van der Waals surface area contributed by atoms with Gasteiger partial charge in [0.05, 0.1) is 17.3 Å². The van der Waals surface area contributed by atoms with Crippen molar-refractivity contribution >= 4 is 23.2 Å². The van der Waals surface area contributed by atoms with Gasteiger partial charge < -0.3 is 15.2 Å². The highest BCUT2D eigenvalue weighted by atomic mass is 32.1. The van der Waals surface area contributed by atoms with E-state index >= 15 is 0 Å². The van der Waals surface area contributed by atoms with Crippen LogP contribution in [-0.2, 0) is 4.79 Å². The Morgan fingerprint density at radius 2 is 2.29 bits per heavy atom. The summed E-state index contributed by atoms with van der Waals surface area (Å²) in [7, 11) is 0. The molecule has 1 aliphatic rings. The second-order valence-corrected chi connectivity index (χ2v) is 5.60. The SMILES string of the molecule is Cc1noc([C@@H]2CN(C(=O)c3cscn3)C[C@H]2C(N)=O)n1. The summed E-state index contributed by atoms with van der Waals surface area (Å²) in [4.78, 5) is 33.6. The largest absolute Gasteiger partial charge is 0.369 e. The Bertz CT molecular complexity index is 668. The van der Waals surface area contributed by atoms with Crippen LogP contribution in [0.25, 0.3) is 0 Å². The number of carbonyl (C=O) groups excluding carboxylic acids is 2. The van der Waals surface area contributed by atoms with Gasteiger partial charge in [0, 0.05) is 18.5 Å². The third-order valence-corrected chi connectivity index (χ3v) is 4.07. The Balaban J connectivity index is 1.84. The Kier molecular flexibility index (Phi) is 3.42. The number of thiazole rings is 1. The number of amides is 2. The average Bonchev–Trinajstić information content (AvgIpc) is 3.17. The van der Waals surface area contributed by atoms with E-state index < -0.39 is 11.8 Å². The van der Waals surface area contributed by atoms with Gasteiger partial charge in [-0.15, -0.1) is 11.3 Å². The molecular formula is C12H13N5O3S. The van der Waals surface area contributed by atoms with Crippen molar-refractivity contribution in [2.75, 3.05) is 13.1 Å². The van der Waals surface area contributed by atoms with E-state index in [0.717, 1.165) is 0 Å². The maximum atomic E-state index is 12.3. The first kappa shape index (κ1) is 13.7. The third-order valence-electron chi connectivity index (χ3n) is 3.48. The van der Waals surface area contributed by atoms with Crippen LogP contribution in [0.15, 0.2) is 15.4 Å². The van der Waals surface area contributed by atoms with E-state index in [1.54, 1.807) is 22.7 Å². The zero-order valence-corrected chi connectivity index (χ0v) is 12.0. The fourth-order valence-corrected chi connectivity index (χ4v) is 2.98. The van der Waals surface area contributed by atoms with Crippen LogP contribution in [0.2, 0.25) is 0 Å². The topological polar surface area (TPSA) is 115 Å². The van der Waals surface area contributed by atoms with Crippen molar-refractivity contribution in [1.29, 1.82) is 0 Å². The number of hydrogen-bond donors (Lipinski definition) is 1. The lowest BCUT2D eigenvalue weighted by molar-refractivity contribution is -0.121. The van der Waals surface area contributed by atoms with Crippen LogP contribution in [0.1, 0.15) is 28.1 Å². The van der Waals surface area contributed by atoms with Crippen LogP contribution >= 0.6 is 11.3 Å². The summed E-state index contributed by atoms with van der Waals surface area (Å²) in [6.07, 6.45) is 0. The smallest absolute Gasteiger partial charge is 0.273 e. The predicted octanol–water partition coefficient (Wildman–Crippen LogP) is 0.176. The zero-order chi connectivity index (χ0) is 15.0. The summed E-state index contributed by atoms with van der Waals surface area (Å²) in [5.41, 5.74) is 7.39. The van der Waals surface area contributed by atoms with Gasteiger partial charge in [-0.2, -0.15) is 4.98 Å². The minimum atomic E-state index is -0.535. The molecule has 3 rings (SSSR count). The van der Waals surface area contributed by atoms with E-state index in [-0.39, 0.29) is 18.4 Å². The van der Waals surface area contributed by atoms with Gasteiger partial charge in [0.25, 0.3) is 5.91 Å². The lowest BCUT2D eigenvalue weighted by Gasteiger charge is -2.13. The number of aryl methyl sites for hydroxylation is 1. The molecule has 0 aromatic carbocycles. The molecule has 2 atom stereocenters. The van der Waals surface area contributed by atoms with Crippen molar-refractivity contribution in [3.63, 3.8) is 0 Å². The first-order valence-corrected chi connectivity index (χ1v) is 7.27. The molecule has 2 aromatic rings. The van der Waals surface area contributed by atoms with E-state index in [2.05, 4.69) is 15.1 Å². The summed E-state index contributed by atoms with van der Waals surface area (Å²) in [5, 5.41) is 5.39. The predicted molar refractivity (Wildman–Crippen MR) is 72.5 cm³/mol. The molecule has 0 radical (unpaired) electrons. The van der Waals surface area contributed by atoms with Crippen LogP contribution in [0.5, 0.6) is 0 Å². The van der Waals surface area contributed by atoms with Gasteiger partial charge in [-0.05, 0) is 6.92 Å². The highest BCUT2D eigenvalue weighted by molar-refractivity contribution is 7.07. The summed E-state index contributed by atoms with van der Waals surface area (Å²) in [6.45, 7) is 2.24. The van der Waals surface area contributed by atoms with E-state index in [9.17, 15) is 9.59 Å². The average molecular weight is 307 g/mol. The first-order valence-electron chi connectivity index (χ1n) is 6.33. The Morgan fingerprint density at radius 1 is 1.48 bits per heavy atom. The van der Waals surface area contributed by atoms with E-state index in [1.165, 1.54) is 11.3 Å². The molecule has 2 N–H and O–H groups in total. The molecule has 2 aromatic heterocycles. The Labute approximate surface area is 124 Å². The third kappa shape index (κ3) is 2.51. The summed E-state index contributed by atoms with van der Waals surface area (Å²) < 4.78 is 5.13. The van der Waals surface area contributed by atoms with E-state index in [4.69, 9.17) is 10.3 Å². The minimum Gasteiger partial charge on any atom is -0.369 e. The molecule has 0 saturated carbocycles. The van der Waals surface area contributed by atoms with Crippen LogP contribution in [-0.4, -0.2) is 44.9 Å². The molecule has 0 bridgehead atoms. The maximum absolute atomic E-state index is 12.3. The molecule has 110 valence electrons. The zero-order valence-electron chi connectivity index (χ0n) is 11.2. The maximum Gasteiger partial charge on any atom is 0.273 e. The molecule has 1 aliphatic heterocycles. The molecule has 3 heterocycles. The summed E-state index contributed by atoms with van der Waals surface area (Å²) in [5.74, 6) is -0.785. The van der Waals surface area contributed by atoms with Gasteiger partial charge in [0.2, 0.25) is 11.8 Å². The van der Waals surface area contributed by atoms with Crippen molar-refractivity contribution < 1.29 is 14.1 Å². The fraction of sp³-hybridized carbons (Fsp3) is 0.417. The van der Waals surface area contributed by atoms with Gasteiger partial charge in [-0.25, -0.2) is 4.98 Å². The van der Waals surface area contributed by atoms with Gasteiger partial charge >= 0.3 is 0 Å². The van der Waals surface area contributed by atoms with Gasteiger partial charge in [0.1, 0.15) is 5.69 Å². The highest BCUT2D eigenvalue weighted by Gasteiger charge is 2.42. The molecule has 0 aliphatic carbocycles. The number of nitrogens with two attached hydrogens (primary N) is 1. The number of rotatable bonds is 3. The second-order valence-electron chi connectivity index (χ2n) is 4.88. The van der Waals surface area contributed by atoms with Crippen LogP contribution < -0.4 is 5.73 Å². The van der Waals surface area contributed by atoms with Crippen molar-refractivity contribution in [3.05, 3.63) is 28.3 Å². The molecule has 21 heavy (non-hydrogen) atoms. The number of nitrogens with zero attached hydrogens (tertiary/aromatic N) is 4. The molecule has 2 amide bonds. The summed E-state index contributed by atoms with van der Waals surface area (Å²) in [6, 6.07) is 0. The normalized spacial score (nSPS) is 21.7. The Morgan fingerprint density at radius 3 is 2.86 bits per heavy atom. The number of aromatic nitrogens is 3.